The van der Waals surface area contributed by atoms with Crippen molar-refractivity contribution >= 4 is 17.6 Å². The molecule has 2 nitrogen and oxygen atoms in total. The third-order valence-electron chi connectivity index (χ3n) is 0.831. The first-order valence-electron chi connectivity index (χ1n) is 2.55. The molecule has 0 aliphatic heterocycles. The number of hydrogen-bond acceptors (Lipinski definition) is 2. The van der Waals surface area contributed by atoms with Gasteiger partial charge in [-0.2, -0.15) is 0 Å². The Labute approximate surface area is 59.5 Å². The molecule has 0 aromatic heterocycles. The minimum Gasteiger partial charge on any atom is -0.468 e. The molecule has 0 saturated heterocycles. The largest absolute Gasteiger partial charge is 0.468 e. The van der Waals surface area contributed by atoms with E-state index in [0.717, 1.165) is 0 Å². The first-order valence-corrected chi connectivity index (χ1v) is 2.98. The van der Waals surface area contributed by atoms with Crippen molar-refractivity contribution in [3.63, 3.8) is 0 Å². The third kappa shape index (κ3) is 3.14. The number of methoxy groups -OCH3 is 1. The van der Waals surface area contributed by atoms with E-state index >= 15 is 0 Å². The molecule has 0 rings (SSSR count). The fraction of sp³-hybridized carbons (Fsp3) is 0.500. The van der Waals surface area contributed by atoms with Gasteiger partial charge in [-0.3, -0.25) is 4.79 Å². The number of allylic oxidation sites excluding steroid dienone is 1. The van der Waals surface area contributed by atoms with Crippen molar-refractivity contribution in [2.45, 2.75) is 11.8 Å². The van der Waals surface area contributed by atoms with Gasteiger partial charge in [-0.25, -0.2) is 0 Å². The molecule has 0 aliphatic carbocycles. The van der Waals surface area contributed by atoms with E-state index < -0.39 is 11.3 Å². The van der Waals surface area contributed by atoms with Gasteiger partial charge in [-0.05, 0) is 6.42 Å². The van der Waals surface area contributed by atoms with Gasteiger partial charge < -0.3 is 4.74 Å². The van der Waals surface area contributed by atoms with Crippen LogP contribution in [0.3, 0.4) is 0 Å². The second-order valence-electron chi connectivity index (χ2n) is 1.52. The maximum Gasteiger partial charge on any atom is 0.324 e. The van der Waals surface area contributed by atoms with Gasteiger partial charge in [-0.1, -0.05) is 6.08 Å². The Morgan fingerprint density at radius 3 is 2.89 bits per heavy atom. The topological polar surface area (TPSA) is 26.3 Å². The quantitative estimate of drug-likeness (QED) is 0.343. The summed E-state index contributed by atoms with van der Waals surface area (Å²) >= 11 is 5.49. The predicted octanol–water partition coefficient (Wildman–Crippen LogP) is 1.34. The third-order valence-corrected chi connectivity index (χ3v) is 1.19. The van der Waals surface area contributed by atoms with Crippen molar-refractivity contribution in [3.8, 4) is 0 Å². The van der Waals surface area contributed by atoms with Crippen LogP contribution in [-0.4, -0.2) is 18.5 Å². The van der Waals surface area contributed by atoms with Crippen LogP contribution in [0.1, 0.15) is 6.42 Å². The second-order valence-corrected chi connectivity index (χ2v) is 2.04. The lowest BCUT2D eigenvalue weighted by Gasteiger charge is -2.01. The lowest BCUT2D eigenvalue weighted by molar-refractivity contribution is -0.140. The highest BCUT2D eigenvalue weighted by Crippen LogP contribution is 2.03. The lowest BCUT2D eigenvalue weighted by atomic mass is 10.3. The van der Waals surface area contributed by atoms with E-state index in [-0.39, 0.29) is 0 Å². The van der Waals surface area contributed by atoms with Crippen molar-refractivity contribution in [3.05, 3.63) is 12.7 Å². The lowest BCUT2D eigenvalue weighted by Crippen LogP contribution is -2.14. The molecule has 0 radical (unpaired) electrons. The van der Waals surface area contributed by atoms with Crippen molar-refractivity contribution in [2.24, 2.45) is 0 Å². The minimum atomic E-state index is -0.576. The molecular weight excluding hydrogens is 140 g/mol. The molecule has 0 heterocycles. The van der Waals surface area contributed by atoms with Gasteiger partial charge in [0.05, 0.1) is 7.11 Å². The number of hydrogen-bond donors (Lipinski definition) is 0. The number of ether oxygens (including phenoxy) is 1. The standard InChI is InChI=1S/C6H9ClO2/c1-3-4-5(7)6(8)9-2/h3,5H,1,4H2,2H3. The van der Waals surface area contributed by atoms with Crippen LogP contribution in [0.4, 0.5) is 0 Å². The highest BCUT2D eigenvalue weighted by molar-refractivity contribution is 6.29. The summed E-state index contributed by atoms with van der Waals surface area (Å²) in [5.74, 6) is -0.406. The zero-order valence-electron chi connectivity index (χ0n) is 5.26. The van der Waals surface area contributed by atoms with Crippen LogP contribution >= 0.6 is 11.6 Å². The molecule has 0 amide bonds. The normalized spacial score (nSPS) is 12.2. The molecule has 1 atom stereocenters. The average Bonchev–Trinajstić information content (AvgIpc) is 1.87. The molecule has 0 aromatic carbocycles. The van der Waals surface area contributed by atoms with Crippen LogP contribution in [0.2, 0.25) is 0 Å². The Morgan fingerprint density at radius 1 is 2.00 bits per heavy atom. The number of rotatable bonds is 3. The van der Waals surface area contributed by atoms with Crippen LogP contribution in [0.15, 0.2) is 12.7 Å². The van der Waals surface area contributed by atoms with Crippen LogP contribution in [0, 0.1) is 0 Å². The van der Waals surface area contributed by atoms with Crippen molar-refractivity contribution in [1.29, 1.82) is 0 Å². The van der Waals surface area contributed by atoms with E-state index in [4.69, 9.17) is 11.6 Å². The molecule has 0 bridgehead atoms. The molecule has 0 aromatic rings. The Kier molecular flexibility index (Phi) is 4.14. The molecule has 3 heteroatoms. The summed E-state index contributed by atoms with van der Waals surface area (Å²) in [6.07, 6.45) is 2.03. The summed E-state index contributed by atoms with van der Waals surface area (Å²) in [5.41, 5.74) is 0. The van der Waals surface area contributed by atoms with Crippen molar-refractivity contribution in [1.82, 2.24) is 0 Å². The molecule has 1 unspecified atom stereocenters. The first kappa shape index (κ1) is 8.50. The summed E-state index contributed by atoms with van der Waals surface area (Å²) in [4.78, 5) is 10.5. The van der Waals surface area contributed by atoms with E-state index in [0.29, 0.717) is 6.42 Å². The van der Waals surface area contributed by atoms with Crippen LogP contribution in [0.5, 0.6) is 0 Å². The SMILES string of the molecule is C=CCC(Cl)C(=O)OC. The zero-order chi connectivity index (χ0) is 7.28. The number of alkyl halides is 1. The molecule has 52 valence electrons. The Balaban J connectivity index is 3.58. The van der Waals surface area contributed by atoms with Gasteiger partial charge in [-0.15, -0.1) is 18.2 Å². The van der Waals surface area contributed by atoms with Gasteiger partial charge in [0.1, 0.15) is 5.38 Å². The molecule has 0 fully saturated rings. The second kappa shape index (κ2) is 4.39. The monoisotopic (exact) mass is 148 g/mol. The van der Waals surface area contributed by atoms with Crippen LogP contribution in [0.25, 0.3) is 0 Å². The number of carbonyl (C=O) groups is 1. The zero-order valence-corrected chi connectivity index (χ0v) is 6.02. The van der Waals surface area contributed by atoms with Gasteiger partial charge >= 0.3 is 5.97 Å². The summed E-state index contributed by atoms with van der Waals surface area (Å²) in [7, 11) is 1.31. The van der Waals surface area contributed by atoms with Gasteiger partial charge in [0.2, 0.25) is 0 Å². The molecule has 0 saturated carbocycles. The molecular formula is C6H9ClO2. The van der Waals surface area contributed by atoms with E-state index in [1.165, 1.54) is 7.11 Å². The van der Waals surface area contributed by atoms with E-state index in [1.807, 2.05) is 0 Å². The Hall–Kier alpha value is -0.500. The van der Waals surface area contributed by atoms with Crippen molar-refractivity contribution in [2.75, 3.05) is 7.11 Å². The fourth-order valence-electron chi connectivity index (χ4n) is 0.370. The van der Waals surface area contributed by atoms with E-state index in [2.05, 4.69) is 11.3 Å². The fourth-order valence-corrected chi connectivity index (χ4v) is 0.586. The van der Waals surface area contributed by atoms with Gasteiger partial charge in [0, 0.05) is 0 Å². The van der Waals surface area contributed by atoms with Crippen molar-refractivity contribution < 1.29 is 9.53 Å². The number of halogens is 1. The molecule has 0 N–H and O–H groups in total. The van der Waals surface area contributed by atoms with Crippen LogP contribution < -0.4 is 0 Å². The molecule has 0 spiro atoms. The Bertz CT molecular complexity index is 112. The van der Waals surface area contributed by atoms with Gasteiger partial charge in [0.15, 0.2) is 0 Å². The summed E-state index contributed by atoms with van der Waals surface area (Å²) in [5, 5.41) is -0.576. The molecule has 0 aliphatic rings. The molecule has 9 heavy (non-hydrogen) atoms. The summed E-state index contributed by atoms with van der Waals surface area (Å²) in [6.45, 7) is 3.43. The maximum atomic E-state index is 10.5. The van der Waals surface area contributed by atoms with E-state index in [9.17, 15) is 4.79 Å². The van der Waals surface area contributed by atoms with E-state index in [1.54, 1.807) is 6.08 Å². The Morgan fingerprint density at radius 2 is 2.56 bits per heavy atom. The summed E-state index contributed by atoms with van der Waals surface area (Å²) in [6, 6.07) is 0. The number of esters is 1. The number of carbonyl (C=O) groups excluding carboxylic acids is 1. The smallest absolute Gasteiger partial charge is 0.324 e. The van der Waals surface area contributed by atoms with Gasteiger partial charge in [0.25, 0.3) is 0 Å². The minimum absolute atomic E-state index is 0.406. The average molecular weight is 149 g/mol. The van der Waals surface area contributed by atoms with Crippen LogP contribution in [-0.2, 0) is 9.53 Å². The predicted molar refractivity (Wildman–Crippen MR) is 36.5 cm³/mol. The maximum absolute atomic E-state index is 10.5. The highest BCUT2D eigenvalue weighted by atomic mass is 35.5. The summed E-state index contributed by atoms with van der Waals surface area (Å²) < 4.78 is 4.35. The first-order chi connectivity index (χ1) is 4.22. The highest BCUT2D eigenvalue weighted by Gasteiger charge is 2.12.